The van der Waals surface area contributed by atoms with E-state index in [-0.39, 0.29) is 6.61 Å². The molecular formula is C8H18NO. The number of hydrogen-bond donors (Lipinski definition) is 1. The molecule has 0 saturated heterocycles. The summed E-state index contributed by atoms with van der Waals surface area (Å²) in [6, 6.07) is 0.522. The predicted molar refractivity (Wildman–Crippen MR) is 43.8 cm³/mol. The molecule has 0 rings (SSSR count). The van der Waals surface area contributed by atoms with Gasteiger partial charge in [-0.25, -0.2) is 0 Å². The summed E-state index contributed by atoms with van der Waals surface area (Å²) in [5.41, 5.74) is 0. The molecule has 0 heterocycles. The molecule has 0 atom stereocenters. The quantitative estimate of drug-likeness (QED) is 0.620. The van der Waals surface area contributed by atoms with Gasteiger partial charge < -0.3 is 5.11 Å². The Labute approximate surface area is 63.8 Å². The highest BCUT2D eigenvalue weighted by Gasteiger charge is 2.05. The highest BCUT2D eigenvalue weighted by atomic mass is 16.3. The smallest absolute Gasteiger partial charge is 0.0558 e. The lowest BCUT2D eigenvalue weighted by Crippen LogP contribution is -2.34. The zero-order chi connectivity index (χ0) is 7.98. The normalized spacial score (nSPS) is 11.4. The highest BCUT2D eigenvalue weighted by Crippen LogP contribution is 1.97. The first kappa shape index (κ1) is 9.92. The van der Waals surface area contributed by atoms with Crippen LogP contribution in [0, 0.1) is 6.92 Å². The zero-order valence-corrected chi connectivity index (χ0v) is 7.01. The Morgan fingerprint density at radius 2 is 2.00 bits per heavy atom. The van der Waals surface area contributed by atoms with E-state index in [1.807, 2.05) is 0 Å². The van der Waals surface area contributed by atoms with Crippen LogP contribution in [-0.2, 0) is 0 Å². The first-order chi connectivity index (χ1) is 4.72. The van der Waals surface area contributed by atoms with Crippen LogP contribution < -0.4 is 0 Å². The van der Waals surface area contributed by atoms with Gasteiger partial charge in [0.25, 0.3) is 0 Å². The van der Waals surface area contributed by atoms with Crippen LogP contribution >= 0.6 is 0 Å². The average molecular weight is 144 g/mol. The summed E-state index contributed by atoms with van der Waals surface area (Å²) >= 11 is 0. The molecular weight excluding hydrogens is 126 g/mol. The van der Waals surface area contributed by atoms with Crippen molar-refractivity contribution in [3.63, 3.8) is 0 Å². The summed E-state index contributed by atoms with van der Waals surface area (Å²) < 4.78 is 0. The summed E-state index contributed by atoms with van der Waals surface area (Å²) in [4.78, 5) is 2.22. The number of nitrogens with zero attached hydrogens (tertiary/aromatic N) is 1. The molecule has 1 radical (unpaired) electrons. The van der Waals surface area contributed by atoms with Gasteiger partial charge in [-0.3, -0.25) is 4.90 Å². The van der Waals surface area contributed by atoms with Crippen molar-refractivity contribution >= 4 is 0 Å². The second kappa shape index (κ2) is 5.69. The molecule has 0 unspecified atom stereocenters. The van der Waals surface area contributed by atoms with E-state index in [1.165, 1.54) is 0 Å². The highest BCUT2D eigenvalue weighted by molar-refractivity contribution is 4.62. The second-order valence-electron chi connectivity index (χ2n) is 2.71. The molecule has 2 heteroatoms. The Morgan fingerprint density at radius 3 is 2.30 bits per heavy atom. The summed E-state index contributed by atoms with van der Waals surface area (Å²) in [5.74, 6) is 0. The van der Waals surface area contributed by atoms with E-state index in [0.29, 0.717) is 6.04 Å². The van der Waals surface area contributed by atoms with Crippen molar-refractivity contribution in [1.82, 2.24) is 4.90 Å². The van der Waals surface area contributed by atoms with Crippen molar-refractivity contribution in [2.45, 2.75) is 26.3 Å². The van der Waals surface area contributed by atoms with Crippen LogP contribution in [0.4, 0.5) is 0 Å². The molecule has 0 aliphatic rings. The molecule has 0 aliphatic heterocycles. The molecule has 61 valence electrons. The molecule has 0 aromatic rings. The Bertz CT molecular complexity index is 67.7. The second-order valence-corrected chi connectivity index (χ2v) is 2.71. The lowest BCUT2D eigenvalue weighted by molar-refractivity contribution is 0.168. The fourth-order valence-electron chi connectivity index (χ4n) is 0.960. The molecule has 0 aromatic carbocycles. The van der Waals surface area contributed by atoms with E-state index < -0.39 is 0 Å². The van der Waals surface area contributed by atoms with Crippen molar-refractivity contribution in [1.29, 1.82) is 0 Å². The fourth-order valence-corrected chi connectivity index (χ4v) is 0.960. The standard InChI is InChI=1S/C8H18NO/c1-4-5-9(6-7-10)8(2)3/h8,10H,1,4-7H2,2-3H3. The van der Waals surface area contributed by atoms with Crippen molar-refractivity contribution in [3.8, 4) is 0 Å². The van der Waals surface area contributed by atoms with Crippen LogP contribution in [-0.4, -0.2) is 35.7 Å². The topological polar surface area (TPSA) is 23.5 Å². The average Bonchev–Trinajstić information content (AvgIpc) is 1.87. The summed E-state index contributed by atoms with van der Waals surface area (Å²) in [5, 5.41) is 8.65. The third-order valence-electron chi connectivity index (χ3n) is 1.56. The van der Waals surface area contributed by atoms with Crippen molar-refractivity contribution in [2.75, 3.05) is 19.7 Å². The molecule has 0 bridgehead atoms. The minimum atomic E-state index is 0.248. The number of hydrogen-bond acceptors (Lipinski definition) is 2. The van der Waals surface area contributed by atoms with E-state index in [2.05, 4.69) is 25.7 Å². The maximum Gasteiger partial charge on any atom is 0.0558 e. The van der Waals surface area contributed by atoms with E-state index in [9.17, 15) is 0 Å². The van der Waals surface area contributed by atoms with Crippen molar-refractivity contribution in [3.05, 3.63) is 6.92 Å². The fraction of sp³-hybridized carbons (Fsp3) is 0.875. The van der Waals surface area contributed by atoms with Gasteiger partial charge in [-0.05, 0) is 26.8 Å². The van der Waals surface area contributed by atoms with Gasteiger partial charge in [-0.15, -0.1) is 0 Å². The van der Waals surface area contributed by atoms with Crippen molar-refractivity contribution < 1.29 is 5.11 Å². The van der Waals surface area contributed by atoms with E-state index in [1.54, 1.807) is 0 Å². The Kier molecular flexibility index (Phi) is 5.64. The minimum Gasteiger partial charge on any atom is -0.395 e. The molecule has 0 spiro atoms. The molecule has 2 nitrogen and oxygen atoms in total. The molecule has 0 fully saturated rings. The lowest BCUT2D eigenvalue weighted by Gasteiger charge is -2.24. The van der Waals surface area contributed by atoms with Gasteiger partial charge in [-0.2, -0.15) is 0 Å². The Balaban J connectivity index is 3.50. The lowest BCUT2D eigenvalue weighted by atomic mass is 10.3. The Morgan fingerprint density at radius 1 is 1.40 bits per heavy atom. The number of aliphatic hydroxyl groups excluding tert-OH is 1. The van der Waals surface area contributed by atoms with Crippen LogP contribution in [0.1, 0.15) is 20.3 Å². The molecule has 0 aromatic heterocycles. The maximum absolute atomic E-state index is 8.65. The molecule has 1 N–H and O–H groups in total. The maximum atomic E-state index is 8.65. The van der Waals surface area contributed by atoms with Gasteiger partial charge >= 0.3 is 0 Å². The predicted octanol–water partition coefficient (Wildman–Crippen LogP) is 0.913. The van der Waals surface area contributed by atoms with Crippen LogP contribution in [0.3, 0.4) is 0 Å². The first-order valence-corrected chi connectivity index (χ1v) is 3.86. The van der Waals surface area contributed by atoms with Gasteiger partial charge in [0.2, 0.25) is 0 Å². The summed E-state index contributed by atoms with van der Waals surface area (Å²) in [6.45, 7) is 10.0. The minimum absolute atomic E-state index is 0.248. The SMILES string of the molecule is [CH2]CCN(CCO)C(C)C. The molecule has 0 aliphatic carbocycles. The van der Waals surface area contributed by atoms with Gasteiger partial charge in [0, 0.05) is 12.6 Å². The zero-order valence-electron chi connectivity index (χ0n) is 7.01. The third-order valence-corrected chi connectivity index (χ3v) is 1.56. The van der Waals surface area contributed by atoms with Gasteiger partial charge in [0.1, 0.15) is 0 Å². The largest absolute Gasteiger partial charge is 0.395 e. The third kappa shape index (κ3) is 3.85. The van der Waals surface area contributed by atoms with E-state index >= 15 is 0 Å². The monoisotopic (exact) mass is 144 g/mol. The molecule has 0 saturated carbocycles. The first-order valence-electron chi connectivity index (χ1n) is 3.86. The summed E-state index contributed by atoms with van der Waals surface area (Å²) in [7, 11) is 0. The van der Waals surface area contributed by atoms with Gasteiger partial charge in [0.05, 0.1) is 6.61 Å². The number of aliphatic hydroxyl groups is 1. The van der Waals surface area contributed by atoms with Crippen LogP contribution in [0.15, 0.2) is 0 Å². The molecule has 10 heavy (non-hydrogen) atoms. The van der Waals surface area contributed by atoms with Crippen LogP contribution in [0.5, 0.6) is 0 Å². The number of rotatable bonds is 5. The van der Waals surface area contributed by atoms with Crippen LogP contribution in [0.25, 0.3) is 0 Å². The van der Waals surface area contributed by atoms with Gasteiger partial charge in [-0.1, -0.05) is 6.92 Å². The van der Waals surface area contributed by atoms with Gasteiger partial charge in [0.15, 0.2) is 0 Å². The van der Waals surface area contributed by atoms with E-state index in [4.69, 9.17) is 5.11 Å². The molecule has 0 amide bonds. The summed E-state index contributed by atoms with van der Waals surface area (Å²) in [6.07, 6.45) is 0.915. The Hall–Kier alpha value is -0.0800. The van der Waals surface area contributed by atoms with Crippen LogP contribution in [0.2, 0.25) is 0 Å². The van der Waals surface area contributed by atoms with Crippen molar-refractivity contribution in [2.24, 2.45) is 0 Å². The van der Waals surface area contributed by atoms with E-state index in [0.717, 1.165) is 19.5 Å².